The van der Waals surface area contributed by atoms with Gasteiger partial charge >= 0.3 is 0 Å². The lowest BCUT2D eigenvalue weighted by molar-refractivity contribution is 0.769. The predicted octanol–water partition coefficient (Wildman–Crippen LogP) is 4.91. The standard InChI is InChI=1S/C21H18N4/c1-3-25-14(2)17(16-8-4-7-11-20(16)25)12-15(13-22)21-23-18-9-5-6-10-19(18)24-21/h4-12H,3H2,1-2H3,(H,23,24). The number of hydrogen-bond acceptors (Lipinski definition) is 2. The van der Waals surface area contributed by atoms with E-state index in [4.69, 9.17) is 0 Å². The molecule has 4 heteroatoms. The average Bonchev–Trinajstić information content (AvgIpc) is 3.18. The van der Waals surface area contributed by atoms with E-state index < -0.39 is 0 Å². The zero-order valence-electron chi connectivity index (χ0n) is 14.2. The molecular formula is C21H18N4. The van der Waals surface area contributed by atoms with Gasteiger partial charge in [0.2, 0.25) is 0 Å². The molecule has 0 unspecified atom stereocenters. The van der Waals surface area contributed by atoms with E-state index in [1.807, 2.05) is 42.5 Å². The van der Waals surface area contributed by atoms with Gasteiger partial charge in [0.25, 0.3) is 0 Å². The Hall–Kier alpha value is -3.32. The van der Waals surface area contributed by atoms with Crippen LogP contribution >= 0.6 is 0 Å². The number of allylic oxidation sites excluding steroid dienone is 1. The first-order valence-corrected chi connectivity index (χ1v) is 8.37. The minimum Gasteiger partial charge on any atom is -0.345 e. The van der Waals surface area contributed by atoms with Crippen molar-refractivity contribution in [3.8, 4) is 6.07 Å². The summed E-state index contributed by atoms with van der Waals surface area (Å²) < 4.78 is 2.27. The fraction of sp³-hybridized carbons (Fsp3) is 0.143. The molecule has 0 aliphatic carbocycles. The molecule has 0 spiro atoms. The van der Waals surface area contributed by atoms with Gasteiger partial charge in [0.05, 0.1) is 16.6 Å². The number of nitrogens with zero attached hydrogens (tertiary/aromatic N) is 3. The monoisotopic (exact) mass is 326 g/mol. The predicted molar refractivity (Wildman–Crippen MR) is 102 cm³/mol. The summed E-state index contributed by atoms with van der Waals surface area (Å²) in [6, 6.07) is 18.4. The van der Waals surface area contributed by atoms with Crippen molar-refractivity contribution < 1.29 is 0 Å². The van der Waals surface area contributed by atoms with Crippen LogP contribution in [0.2, 0.25) is 0 Å². The molecule has 0 amide bonds. The Morgan fingerprint density at radius 3 is 2.72 bits per heavy atom. The lowest BCUT2D eigenvalue weighted by Crippen LogP contribution is -1.96. The summed E-state index contributed by atoms with van der Waals surface area (Å²) in [6.45, 7) is 5.13. The van der Waals surface area contributed by atoms with Crippen molar-refractivity contribution in [1.29, 1.82) is 5.26 Å². The number of imidazole rings is 1. The van der Waals surface area contributed by atoms with Gasteiger partial charge < -0.3 is 9.55 Å². The second-order valence-corrected chi connectivity index (χ2v) is 6.03. The molecule has 25 heavy (non-hydrogen) atoms. The van der Waals surface area contributed by atoms with Crippen molar-refractivity contribution in [2.75, 3.05) is 0 Å². The SMILES string of the molecule is CCn1c(C)c(C=C(C#N)c2nc3ccccc3[nH]2)c2ccccc21. The Morgan fingerprint density at radius 2 is 1.96 bits per heavy atom. The lowest BCUT2D eigenvalue weighted by Gasteiger charge is -2.03. The molecule has 0 saturated carbocycles. The zero-order chi connectivity index (χ0) is 17.4. The Balaban J connectivity index is 1.93. The van der Waals surface area contributed by atoms with Crippen LogP contribution in [0.25, 0.3) is 33.6 Å². The molecule has 2 heterocycles. The van der Waals surface area contributed by atoms with E-state index in [1.165, 1.54) is 5.52 Å². The zero-order valence-corrected chi connectivity index (χ0v) is 14.2. The Labute approximate surface area is 146 Å². The second-order valence-electron chi connectivity index (χ2n) is 6.03. The highest BCUT2D eigenvalue weighted by Gasteiger charge is 2.14. The number of aryl methyl sites for hydroxylation is 1. The lowest BCUT2D eigenvalue weighted by atomic mass is 10.1. The Bertz CT molecular complexity index is 1120. The van der Waals surface area contributed by atoms with Crippen LogP contribution in [0.3, 0.4) is 0 Å². The second kappa shape index (κ2) is 5.95. The summed E-state index contributed by atoms with van der Waals surface area (Å²) in [5.41, 5.74) is 5.77. The first-order valence-electron chi connectivity index (χ1n) is 8.37. The smallest absolute Gasteiger partial charge is 0.149 e. The number of nitriles is 1. The van der Waals surface area contributed by atoms with Crippen molar-refractivity contribution in [3.05, 3.63) is 65.6 Å². The van der Waals surface area contributed by atoms with Crippen molar-refractivity contribution in [2.24, 2.45) is 0 Å². The van der Waals surface area contributed by atoms with Crippen molar-refractivity contribution in [2.45, 2.75) is 20.4 Å². The highest BCUT2D eigenvalue weighted by molar-refractivity contribution is 5.99. The van der Waals surface area contributed by atoms with Crippen LogP contribution in [-0.4, -0.2) is 14.5 Å². The van der Waals surface area contributed by atoms with Gasteiger partial charge in [-0.1, -0.05) is 30.3 Å². The number of rotatable bonds is 3. The van der Waals surface area contributed by atoms with Crippen LogP contribution in [0.5, 0.6) is 0 Å². The topological polar surface area (TPSA) is 57.4 Å². The van der Waals surface area contributed by atoms with Gasteiger partial charge in [0.15, 0.2) is 0 Å². The summed E-state index contributed by atoms with van der Waals surface area (Å²) in [7, 11) is 0. The first kappa shape index (κ1) is 15.2. The van der Waals surface area contributed by atoms with Crippen molar-refractivity contribution in [1.82, 2.24) is 14.5 Å². The maximum atomic E-state index is 9.71. The number of nitrogens with one attached hydrogen (secondary N) is 1. The molecule has 0 aliphatic rings. The highest BCUT2D eigenvalue weighted by atomic mass is 15.0. The molecular weight excluding hydrogens is 308 g/mol. The quantitative estimate of drug-likeness (QED) is 0.544. The largest absolute Gasteiger partial charge is 0.345 e. The van der Waals surface area contributed by atoms with E-state index in [1.54, 1.807) is 0 Å². The normalized spacial score (nSPS) is 12.0. The number of fused-ring (bicyclic) bond motifs is 2. The molecule has 4 aromatic rings. The average molecular weight is 326 g/mol. The van der Waals surface area contributed by atoms with Crippen LogP contribution in [-0.2, 0) is 6.54 Å². The van der Waals surface area contributed by atoms with Crippen LogP contribution < -0.4 is 0 Å². The molecule has 0 radical (unpaired) electrons. The van der Waals surface area contributed by atoms with E-state index in [0.29, 0.717) is 11.4 Å². The molecule has 122 valence electrons. The molecule has 2 aromatic heterocycles. The fourth-order valence-corrected chi connectivity index (χ4v) is 3.43. The summed E-state index contributed by atoms with van der Waals surface area (Å²) in [5.74, 6) is 0.608. The molecule has 4 rings (SSSR count). The molecule has 0 fully saturated rings. The van der Waals surface area contributed by atoms with E-state index >= 15 is 0 Å². The van der Waals surface area contributed by atoms with Gasteiger partial charge in [0, 0.05) is 28.7 Å². The number of hydrogen-bond donors (Lipinski definition) is 1. The maximum absolute atomic E-state index is 9.71. The van der Waals surface area contributed by atoms with E-state index in [2.05, 4.69) is 46.6 Å². The third kappa shape index (κ3) is 2.41. The number of benzene rings is 2. The summed E-state index contributed by atoms with van der Waals surface area (Å²) >= 11 is 0. The Kier molecular flexibility index (Phi) is 3.62. The number of aromatic amines is 1. The maximum Gasteiger partial charge on any atom is 0.149 e. The van der Waals surface area contributed by atoms with Gasteiger partial charge in [0.1, 0.15) is 11.9 Å². The first-order chi connectivity index (χ1) is 12.2. The molecule has 4 nitrogen and oxygen atoms in total. The summed E-state index contributed by atoms with van der Waals surface area (Å²) in [5, 5.41) is 10.9. The van der Waals surface area contributed by atoms with E-state index in [0.717, 1.165) is 34.2 Å². The molecule has 2 aromatic carbocycles. The van der Waals surface area contributed by atoms with E-state index in [9.17, 15) is 5.26 Å². The number of aromatic nitrogens is 3. The fourth-order valence-electron chi connectivity index (χ4n) is 3.43. The van der Waals surface area contributed by atoms with Gasteiger partial charge in [-0.25, -0.2) is 4.98 Å². The van der Waals surface area contributed by atoms with Gasteiger partial charge in [-0.2, -0.15) is 5.26 Å². The Morgan fingerprint density at radius 1 is 1.20 bits per heavy atom. The van der Waals surface area contributed by atoms with Gasteiger partial charge in [-0.15, -0.1) is 0 Å². The number of H-pyrrole nitrogens is 1. The molecule has 0 saturated heterocycles. The van der Waals surface area contributed by atoms with Crippen LogP contribution in [0.4, 0.5) is 0 Å². The van der Waals surface area contributed by atoms with Crippen molar-refractivity contribution in [3.63, 3.8) is 0 Å². The third-order valence-corrected chi connectivity index (χ3v) is 4.65. The third-order valence-electron chi connectivity index (χ3n) is 4.65. The molecule has 0 aliphatic heterocycles. The minimum absolute atomic E-state index is 0.540. The highest BCUT2D eigenvalue weighted by Crippen LogP contribution is 2.29. The minimum atomic E-state index is 0.540. The molecule has 0 atom stereocenters. The van der Waals surface area contributed by atoms with Crippen molar-refractivity contribution >= 4 is 33.6 Å². The van der Waals surface area contributed by atoms with Crippen LogP contribution in [0.1, 0.15) is 24.0 Å². The van der Waals surface area contributed by atoms with Gasteiger partial charge in [-0.3, -0.25) is 0 Å². The van der Waals surface area contributed by atoms with Crippen LogP contribution in [0.15, 0.2) is 48.5 Å². The molecule has 0 bridgehead atoms. The molecule has 1 N–H and O–H groups in total. The van der Waals surface area contributed by atoms with E-state index in [-0.39, 0.29) is 0 Å². The summed E-state index contributed by atoms with van der Waals surface area (Å²) in [4.78, 5) is 7.81. The van der Waals surface area contributed by atoms with Gasteiger partial charge in [-0.05, 0) is 38.1 Å². The summed E-state index contributed by atoms with van der Waals surface area (Å²) in [6.07, 6.45) is 1.95. The van der Waals surface area contributed by atoms with Crippen LogP contribution in [0, 0.1) is 18.3 Å². The number of para-hydroxylation sites is 3.